The van der Waals surface area contributed by atoms with E-state index in [1.165, 1.54) is 3.57 Å². The molecule has 0 heterocycles. The van der Waals surface area contributed by atoms with Crippen LogP contribution in [0.15, 0.2) is 24.3 Å². The molecule has 0 aliphatic carbocycles. The van der Waals surface area contributed by atoms with Gasteiger partial charge >= 0.3 is 0 Å². The number of carbonyl (C=O) groups is 1. The van der Waals surface area contributed by atoms with Crippen molar-refractivity contribution < 1.29 is 4.79 Å². The second-order valence-corrected chi connectivity index (χ2v) is 5.64. The van der Waals surface area contributed by atoms with E-state index in [4.69, 9.17) is 0 Å². The first-order valence-electron chi connectivity index (χ1n) is 6.39. The van der Waals surface area contributed by atoms with Crippen LogP contribution in [0, 0.1) is 3.57 Å². The Kier molecular flexibility index (Phi) is 6.46. The van der Waals surface area contributed by atoms with Gasteiger partial charge in [0.05, 0.1) is 0 Å². The van der Waals surface area contributed by atoms with Crippen LogP contribution in [0.25, 0.3) is 0 Å². The molecule has 18 heavy (non-hydrogen) atoms. The summed E-state index contributed by atoms with van der Waals surface area (Å²) in [6.45, 7) is 6.06. The van der Waals surface area contributed by atoms with Crippen LogP contribution < -0.4 is 10.6 Å². The fraction of sp³-hybridized carbons (Fsp3) is 0.500. The Morgan fingerprint density at radius 3 is 2.28 bits per heavy atom. The second kappa shape index (κ2) is 7.61. The van der Waals surface area contributed by atoms with Gasteiger partial charge in [-0.15, -0.1) is 0 Å². The summed E-state index contributed by atoms with van der Waals surface area (Å²) in [4.78, 5) is 12.0. The van der Waals surface area contributed by atoms with Crippen LogP contribution in [0.3, 0.4) is 0 Å². The molecule has 1 aromatic carbocycles. The van der Waals surface area contributed by atoms with Crippen LogP contribution in [0.4, 0.5) is 5.69 Å². The lowest BCUT2D eigenvalue weighted by molar-refractivity contribution is -0.122. The average Bonchev–Trinajstić information content (AvgIpc) is 2.38. The Morgan fingerprint density at radius 2 is 1.78 bits per heavy atom. The van der Waals surface area contributed by atoms with Crippen molar-refractivity contribution >= 4 is 34.2 Å². The van der Waals surface area contributed by atoms with Crippen LogP contribution in [-0.2, 0) is 4.79 Å². The van der Waals surface area contributed by atoms with Gasteiger partial charge in [-0.05, 0) is 66.6 Å². The first-order chi connectivity index (χ1) is 8.56. The van der Waals surface area contributed by atoms with Crippen LogP contribution in [0.1, 0.15) is 33.6 Å². The molecule has 0 aromatic heterocycles. The molecule has 0 fully saturated rings. The van der Waals surface area contributed by atoms with E-state index in [0.717, 1.165) is 18.5 Å². The molecule has 1 aromatic rings. The van der Waals surface area contributed by atoms with Gasteiger partial charge in [0.25, 0.3) is 0 Å². The zero-order valence-electron chi connectivity index (χ0n) is 11.2. The van der Waals surface area contributed by atoms with Crippen molar-refractivity contribution in [1.82, 2.24) is 5.32 Å². The minimum Gasteiger partial charge on any atom is -0.374 e. The number of anilines is 1. The third kappa shape index (κ3) is 4.84. The smallest absolute Gasteiger partial charge is 0.242 e. The van der Waals surface area contributed by atoms with Gasteiger partial charge in [-0.2, -0.15) is 0 Å². The normalized spacial score (nSPS) is 12.3. The fourth-order valence-corrected chi connectivity index (χ4v) is 2.04. The zero-order chi connectivity index (χ0) is 13.5. The lowest BCUT2D eigenvalue weighted by Gasteiger charge is -2.20. The highest BCUT2D eigenvalue weighted by Gasteiger charge is 2.15. The van der Waals surface area contributed by atoms with Gasteiger partial charge in [0.1, 0.15) is 6.04 Å². The van der Waals surface area contributed by atoms with Crippen LogP contribution in [0.5, 0.6) is 0 Å². The number of halogens is 1. The maximum absolute atomic E-state index is 12.0. The van der Waals surface area contributed by atoms with Gasteiger partial charge < -0.3 is 10.6 Å². The van der Waals surface area contributed by atoms with Crippen molar-refractivity contribution in [2.24, 2.45) is 0 Å². The van der Waals surface area contributed by atoms with Crippen molar-refractivity contribution in [3.63, 3.8) is 0 Å². The van der Waals surface area contributed by atoms with E-state index < -0.39 is 0 Å². The lowest BCUT2D eigenvalue weighted by atomic mass is 10.1. The molecular formula is C14H21IN2O. The molecule has 0 aliphatic rings. The van der Waals surface area contributed by atoms with Gasteiger partial charge in [0, 0.05) is 15.3 Å². The van der Waals surface area contributed by atoms with E-state index in [9.17, 15) is 4.79 Å². The van der Waals surface area contributed by atoms with Gasteiger partial charge in [-0.1, -0.05) is 13.8 Å². The lowest BCUT2D eigenvalue weighted by Crippen LogP contribution is -2.42. The highest BCUT2D eigenvalue weighted by atomic mass is 127. The first kappa shape index (κ1) is 15.3. The SMILES string of the molecule is CCC(CC)NC(=O)C(C)Nc1ccc(I)cc1. The molecule has 100 valence electrons. The number of nitrogens with one attached hydrogen (secondary N) is 2. The summed E-state index contributed by atoms with van der Waals surface area (Å²) in [5.41, 5.74) is 0.975. The van der Waals surface area contributed by atoms with Gasteiger partial charge in [0.15, 0.2) is 0 Å². The van der Waals surface area contributed by atoms with E-state index >= 15 is 0 Å². The number of amides is 1. The van der Waals surface area contributed by atoms with Crippen molar-refractivity contribution in [3.05, 3.63) is 27.8 Å². The van der Waals surface area contributed by atoms with Crippen molar-refractivity contribution in [1.29, 1.82) is 0 Å². The molecule has 0 saturated carbocycles. The Bertz CT molecular complexity index is 374. The molecule has 1 rings (SSSR count). The Morgan fingerprint density at radius 1 is 1.22 bits per heavy atom. The molecule has 3 nitrogen and oxygen atoms in total. The average molecular weight is 360 g/mol. The van der Waals surface area contributed by atoms with Gasteiger partial charge in [-0.25, -0.2) is 0 Å². The molecule has 4 heteroatoms. The summed E-state index contributed by atoms with van der Waals surface area (Å²) in [5, 5.41) is 6.25. The number of hydrogen-bond acceptors (Lipinski definition) is 2. The van der Waals surface area contributed by atoms with Crippen LogP contribution in [-0.4, -0.2) is 18.0 Å². The van der Waals surface area contributed by atoms with Crippen molar-refractivity contribution in [2.45, 2.75) is 45.7 Å². The predicted molar refractivity (Wildman–Crippen MR) is 84.8 cm³/mol. The largest absolute Gasteiger partial charge is 0.374 e. The molecule has 1 unspecified atom stereocenters. The van der Waals surface area contributed by atoms with E-state index in [-0.39, 0.29) is 18.0 Å². The number of benzene rings is 1. The maximum Gasteiger partial charge on any atom is 0.242 e. The van der Waals surface area contributed by atoms with Crippen molar-refractivity contribution in [3.8, 4) is 0 Å². The van der Waals surface area contributed by atoms with E-state index in [2.05, 4.69) is 47.1 Å². The number of rotatable bonds is 6. The molecule has 0 saturated heterocycles. The minimum atomic E-state index is -0.217. The highest BCUT2D eigenvalue weighted by molar-refractivity contribution is 14.1. The maximum atomic E-state index is 12.0. The third-order valence-electron chi connectivity index (χ3n) is 2.95. The summed E-state index contributed by atoms with van der Waals surface area (Å²) in [7, 11) is 0. The molecule has 0 spiro atoms. The Hall–Kier alpha value is -0.780. The molecule has 0 bridgehead atoms. The summed E-state index contributed by atoms with van der Waals surface area (Å²) < 4.78 is 1.19. The molecule has 2 N–H and O–H groups in total. The third-order valence-corrected chi connectivity index (χ3v) is 3.67. The summed E-state index contributed by atoms with van der Waals surface area (Å²) in [6, 6.07) is 8.08. The van der Waals surface area contributed by atoms with E-state index in [1.54, 1.807) is 0 Å². The molecule has 1 atom stereocenters. The molecule has 1 amide bonds. The van der Waals surface area contributed by atoms with E-state index in [0.29, 0.717) is 0 Å². The topological polar surface area (TPSA) is 41.1 Å². The van der Waals surface area contributed by atoms with Crippen molar-refractivity contribution in [2.75, 3.05) is 5.32 Å². The summed E-state index contributed by atoms with van der Waals surface area (Å²) >= 11 is 2.26. The summed E-state index contributed by atoms with van der Waals surface area (Å²) in [5.74, 6) is 0.0576. The second-order valence-electron chi connectivity index (χ2n) is 4.39. The standard InChI is InChI=1S/C14H21IN2O/c1-4-12(5-2)17-14(18)10(3)16-13-8-6-11(15)7-9-13/h6-10,12,16H,4-5H2,1-3H3,(H,17,18). The highest BCUT2D eigenvalue weighted by Crippen LogP contribution is 2.12. The number of hydrogen-bond donors (Lipinski definition) is 2. The monoisotopic (exact) mass is 360 g/mol. The van der Waals surface area contributed by atoms with E-state index in [1.807, 2.05) is 31.2 Å². The van der Waals surface area contributed by atoms with Gasteiger partial charge in [-0.3, -0.25) is 4.79 Å². The molecule has 0 aliphatic heterocycles. The molecule has 0 radical (unpaired) electrons. The van der Waals surface area contributed by atoms with Gasteiger partial charge in [0.2, 0.25) is 5.91 Å². The Balaban J connectivity index is 2.51. The van der Waals surface area contributed by atoms with Crippen LogP contribution in [0.2, 0.25) is 0 Å². The quantitative estimate of drug-likeness (QED) is 0.764. The Labute approximate surface area is 123 Å². The fourth-order valence-electron chi connectivity index (χ4n) is 1.68. The minimum absolute atomic E-state index is 0.0576. The molecular weight excluding hydrogens is 339 g/mol. The summed E-state index contributed by atoms with van der Waals surface area (Å²) in [6.07, 6.45) is 1.94. The van der Waals surface area contributed by atoms with Crippen LogP contribution >= 0.6 is 22.6 Å². The first-order valence-corrected chi connectivity index (χ1v) is 7.47. The zero-order valence-corrected chi connectivity index (χ0v) is 13.3. The number of carbonyl (C=O) groups excluding carboxylic acids is 1. The predicted octanol–water partition coefficient (Wildman–Crippen LogP) is 3.40.